The van der Waals surface area contributed by atoms with Crippen LogP contribution in [0.3, 0.4) is 0 Å². The van der Waals surface area contributed by atoms with E-state index >= 15 is 0 Å². The number of nitrogens with two attached hydrogens (primary N) is 1. The molecule has 5 heteroatoms. The van der Waals surface area contributed by atoms with Gasteiger partial charge in [0.05, 0.1) is 6.61 Å². The van der Waals surface area contributed by atoms with E-state index in [1.807, 2.05) is 31.2 Å². The second-order valence-corrected chi connectivity index (χ2v) is 7.54. The van der Waals surface area contributed by atoms with E-state index in [2.05, 4.69) is 30.1 Å². The lowest BCUT2D eigenvalue weighted by Gasteiger charge is -2.27. The molecular formula is C23H29N3O2. The summed E-state index contributed by atoms with van der Waals surface area (Å²) in [4.78, 5) is 14.0. The number of hydrogen-bond donors (Lipinski definition) is 2. The molecule has 1 aliphatic rings. The maximum absolute atomic E-state index is 11.8. The van der Waals surface area contributed by atoms with E-state index in [9.17, 15) is 4.79 Å². The predicted molar refractivity (Wildman–Crippen MR) is 113 cm³/mol. The van der Waals surface area contributed by atoms with Gasteiger partial charge in [-0.3, -0.25) is 10.2 Å². The third-order valence-corrected chi connectivity index (χ3v) is 5.41. The molecule has 0 fully saturated rings. The summed E-state index contributed by atoms with van der Waals surface area (Å²) in [7, 11) is 2.08. The fraction of sp³-hybridized carbons (Fsp3) is 0.391. The highest BCUT2D eigenvalue weighted by atomic mass is 16.5. The highest BCUT2D eigenvalue weighted by Crippen LogP contribution is 2.31. The summed E-state index contributed by atoms with van der Waals surface area (Å²) < 4.78 is 5.12. The number of amidine groups is 1. The van der Waals surface area contributed by atoms with E-state index in [1.54, 1.807) is 0 Å². The van der Waals surface area contributed by atoms with Crippen molar-refractivity contribution in [2.75, 3.05) is 18.6 Å². The number of ether oxygens (including phenoxy) is 1. The molecule has 5 nitrogen and oxygen atoms in total. The quantitative estimate of drug-likeness (QED) is 0.437. The van der Waals surface area contributed by atoms with Gasteiger partial charge in [-0.25, -0.2) is 0 Å². The number of esters is 1. The van der Waals surface area contributed by atoms with Gasteiger partial charge < -0.3 is 15.4 Å². The molecule has 0 aromatic heterocycles. The van der Waals surface area contributed by atoms with Crippen LogP contribution in [0.2, 0.25) is 0 Å². The third kappa shape index (κ3) is 4.91. The highest BCUT2D eigenvalue weighted by Gasteiger charge is 2.22. The van der Waals surface area contributed by atoms with E-state index < -0.39 is 0 Å². The number of carbonyl (C=O) groups excluding carboxylic acids is 1. The van der Waals surface area contributed by atoms with Crippen LogP contribution in [0.1, 0.15) is 42.0 Å². The van der Waals surface area contributed by atoms with Crippen molar-refractivity contribution in [3.8, 4) is 0 Å². The molecule has 2 aromatic carbocycles. The van der Waals surface area contributed by atoms with E-state index in [0.717, 1.165) is 31.4 Å². The van der Waals surface area contributed by atoms with Gasteiger partial charge in [-0.1, -0.05) is 30.3 Å². The standard InChI is InChI=1S/C23H29N3O2/c1-3-28-22(27)13-17-6-7-18-10-11-21(14-20(18)12-17)26(2)15-16-4-8-19(9-5-16)23(24)25/h4-5,8-11,14,17H,3,6-7,12-13,15H2,1-2H3,(H3,24,25). The smallest absolute Gasteiger partial charge is 0.306 e. The first-order valence-electron chi connectivity index (χ1n) is 9.88. The Labute approximate surface area is 167 Å². The first kappa shape index (κ1) is 19.9. The molecule has 0 bridgehead atoms. The summed E-state index contributed by atoms with van der Waals surface area (Å²) >= 11 is 0. The van der Waals surface area contributed by atoms with Crippen LogP contribution >= 0.6 is 0 Å². The molecule has 3 rings (SSSR count). The molecule has 28 heavy (non-hydrogen) atoms. The Morgan fingerprint density at radius 3 is 2.64 bits per heavy atom. The summed E-state index contributed by atoms with van der Waals surface area (Å²) in [5.41, 5.74) is 11.3. The molecule has 148 valence electrons. The van der Waals surface area contributed by atoms with Gasteiger partial charge in [0.15, 0.2) is 0 Å². The third-order valence-electron chi connectivity index (χ3n) is 5.41. The summed E-state index contributed by atoms with van der Waals surface area (Å²) in [5, 5.41) is 7.49. The van der Waals surface area contributed by atoms with Gasteiger partial charge in [0.25, 0.3) is 0 Å². The molecule has 1 unspecified atom stereocenters. The molecule has 0 amide bonds. The van der Waals surface area contributed by atoms with Crippen LogP contribution in [0.15, 0.2) is 42.5 Å². The number of aryl methyl sites for hydroxylation is 1. The van der Waals surface area contributed by atoms with Gasteiger partial charge in [-0.15, -0.1) is 0 Å². The SMILES string of the molecule is CCOC(=O)CC1CCc2ccc(N(C)Cc3ccc(C(=N)N)cc3)cc2C1. The number of benzene rings is 2. The van der Waals surface area contributed by atoms with Gasteiger partial charge in [0, 0.05) is 31.3 Å². The Morgan fingerprint density at radius 2 is 1.96 bits per heavy atom. The van der Waals surface area contributed by atoms with E-state index in [0.29, 0.717) is 18.9 Å². The number of nitrogens with zero attached hydrogens (tertiary/aromatic N) is 1. The van der Waals surface area contributed by atoms with Crippen LogP contribution < -0.4 is 10.6 Å². The van der Waals surface area contributed by atoms with Gasteiger partial charge >= 0.3 is 5.97 Å². The molecule has 0 aliphatic heterocycles. The van der Waals surface area contributed by atoms with E-state index in [1.165, 1.54) is 22.4 Å². The molecular weight excluding hydrogens is 350 g/mol. The number of carbonyl (C=O) groups is 1. The number of nitrogens with one attached hydrogen (secondary N) is 1. The number of fused-ring (bicyclic) bond motifs is 1. The Kier molecular flexibility index (Phi) is 6.34. The number of hydrogen-bond acceptors (Lipinski definition) is 4. The Balaban J connectivity index is 1.67. The topological polar surface area (TPSA) is 79.4 Å². The summed E-state index contributed by atoms with van der Waals surface area (Å²) in [6.45, 7) is 3.08. The average Bonchev–Trinajstić information content (AvgIpc) is 2.68. The van der Waals surface area contributed by atoms with Crippen molar-refractivity contribution in [2.24, 2.45) is 11.7 Å². The minimum atomic E-state index is -0.0850. The summed E-state index contributed by atoms with van der Waals surface area (Å²) in [6, 6.07) is 14.5. The van der Waals surface area contributed by atoms with Crippen molar-refractivity contribution < 1.29 is 9.53 Å². The fourth-order valence-corrected chi connectivity index (χ4v) is 3.84. The average molecular weight is 380 g/mol. The van der Waals surface area contributed by atoms with E-state index in [-0.39, 0.29) is 11.8 Å². The monoisotopic (exact) mass is 379 g/mol. The van der Waals surface area contributed by atoms with Crippen LogP contribution in [-0.2, 0) is 28.9 Å². The van der Waals surface area contributed by atoms with Gasteiger partial charge in [-0.2, -0.15) is 0 Å². The van der Waals surface area contributed by atoms with Crippen LogP contribution in [0, 0.1) is 11.3 Å². The van der Waals surface area contributed by atoms with Crippen molar-refractivity contribution in [1.82, 2.24) is 0 Å². The normalized spacial score (nSPS) is 15.6. The number of rotatable bonds is 7. The lowest BCUT2D eigenvalue weighted by molar-refractivity contribution is -0.144. The van der Waals surface area contributed by atoms with Crippen LogP contribution in [0.5, 0.6) is 0 Å². The molecule has 0 saturated heterocycles. The molecule has 0 heterocycles. The molecule has 1 aliphatic carbocycles. The van der Waals surface area contributed by atoms with E-state index in [4.69, 9.17) is 15.9 Å². The lowest BCUT2D eigenvalue weighted by atomic mass is 9.82. The lowest BCUT2D eigenvalue weighted by Crippen LogP contribution is -2.21. The van der Waals surface area contributed by atoms with Crippen LogP contribution in [0.4, 0.5) is 5.69 Å². The fourth-order valence-electron chi connectivity index (χ4n) is 3.84. The predicted octanol–water partition coefficient (Wildman–Crippen LogP) is 3.67. The first-order valence-corrected chi connectivity index (χ1v) is 9.88. The Hall–Kier alpha value is -2.82. The maximum atomic E-state index is 11.8. The zero-order valence-electron chi connectivity index (χ0n) is 16.7. The first-order chi connectivity index (χ1) is 13.5. The number of nitrogen functional groups attached to an aromatic ring is 1. The Morgan fingerprint density at radius 1 is 1.21 bits per heavy atom. The molecule has 1 atom stereocenters. The summed E-state index contributed by atoms with van der Waals surface area (Å²) in [5.74, 6) is 0.372. The zero-order valence-corrected chi connectivity index (χ0v) is 16.7. The van der Waals surface area contributed by atoms with Crippen molar-refractivity contribution in [3.05, 3.63) is 64.7 Å². The Bertz CT molecular complexity index is 845. The minimum Gasteiger partial charge on any atom is -0.466 e. The van der Waals surface area contributed by atoms with Crippen molar-refractivity contribution >= 4 is 17.5 Å². The second-order valence-electron chi connectivity index (χ2n) is 7.54. The molecule has 0 radical (unpaired) electrons. The molecule has 0 spiro atoms. The van der Waals surface area contributed by atoms with Crippen molar-refractivity contribution in [1.29, 1.82) is 5.41 Å². The van der Waals surface area contributed by atoms with Crippen LogP contribution in [-0.4, -0.2) is 25.5 Å². The van der Waals surface area contributed by atoms with Gasteiger partial charge in [0.1, 0.15) is 5.84 Å². The van der Waals surface area contributed by atoms with Gasteiger partial charge in [-0.05, 0) is 60.9 Å². The largest absolute Gasteiger partial charge is 0.466 e. The number of anilines is 1. The summed E-state index contributed by atoms with van der Waals surface area (Å²) in [6.07, 6.45) is 3.51. The second kappa shape index (κ2) is 8.91. The molecule has 2 aromatic rings. The maximum Gasteiger partial charge on any atom is 0.306 e. The van der Waals surface area contributed by atoms with Crippen molar-refractivity contribution in [3.63, 3.8) is 0 Å². The highest BCUT2D eigenvalue weighted by molar-refractivity contribution is 5.94. The zero-order chi connectivity index (χ0) is 20.1. The van der Waals surface area contributed by atoms with Gasteiger partial charge in [0.2, 0.25) is 0 Å². The van der Waals surface area contributed by atoms with Crippen molar-refractivity contribution in [2.45, 2.75) is 39.2 Å². The van der Waals surface area contributed by atoms with Crippen LogP contribution in [0.25, 0.3) is 0 Å². The molecule has 0 saturated carbocycles. The molecule has 3 N–H and O–H groups in total. The minimum absolute atomic E-state index is 0.0850.